The number of amides is 1. The van der Waals surface area contributed by atoms with Gasteiger partial charge in [-0.15, -0.1) is 0 Å². The molecule has 1 amide bonds. The Bertz CT molecular complexity index is 851. The summed E-state index contributed by atoms with van der Waals surface area (Å²) in [6, 6.07) is 16.3. The molecule has 3 aromatic rings. The summed E-state index contributed by atoms with van der Waals surface area (Å²) in [7, 11) is 1.84. The zero-order chi connectivity index (χ0) is 19.4. The van der Waals surface area contributed by atoms with Gasteiger partial charge in [0.2, 0.25) is 5.91 Å². The van der Waals surface area contributed by atoms with Crippen LogP contribution in [0.4, 0.5) is 0 Å². The first-order valence-corrected chi connectivity index (χ1v) is 9.98. The molecule has 2 unspecified atom stereocenters. The van der Waals surface area contributed by atoms with E-state index in [1.165, 1.54) is 11.0 Å². The van der Waals surface area contributed by atoms with Crippen LogP contribution in [0.25, 0.3) is 11.0 Å². The summed E-state index contributed by atoms with van der Waals surface area (Å²) in [5, 5.41) is 9.61. The number of aliphatic hydroxyl groups excluding tert-OH is 1. The minimum atomic E-state index is -0.223. The van der Waals surface area contributed by atoms with E-state index in [9.17, 15) is 9.90 Å². The number of fused-ring (bicyclic) bond motifs is 2. The maximum Gasteiger partial charge on any atom is 0.219 e. The fourth-order valence-electron chi connectivity index (χ4n) is 3.42. The average molecular weight is 432 g/mol. The highest BCUT2D eigenvalue weighted by molar-refractivity contribution is 9.10. The van der Waals surface area contributed by atoms with Gasteiger partial charge in [-0.1, -0.05) is 30.3 Å². The van der Waals surface area contributed by atoms with Gasteiger partial charge in [0.25, 0.3) is 0 Å². The molecule has 2 bridgehead atoms. The molecule has 0 spiro atoms. The van der Waals surface area contributed by atoms with Crippen LogP contribution in [-0.4, -0.2) is 58.6 Å². The topological polar surface area (TPSA) is 59.6 Å². The van der Waals surface area contributed by atoms with Gasteiger partial charge in [0.15, 0.2) is 0 Å². The normalized spacial score (nSPS) is 18.3. The van der Waals surface area contributed by atoms with Crippen LogP contribution in [0.15, 0.2) is 53.0 Å². The number of benzene rings is 2. The van der Waals surface area contributed by atoms with Crippen molar-refractivity contribution in [3.63, 3.8) is 0 Å². The number of β-amino-alcohol motifs (C(OH)–C–C–N with tert-alkyl or cyclic N) is 1. The molecule has 5 nitrogen and oxygen atoms in total. The van der Waals surface area contributed by atoms with Gasteiger partial charge in [-0.25, -0.2) is 0 Å². The molecule has 0 saturated carbocycles. The third kappa shape index (κ3) is 5.09. The van der Waals surface area contributed by atoms with Crippen LogP contribution in [0.3, 0.4) is 0 Å². The van der Waals surface area contributed by atoms with Crippen molar-refractivity contribution in [1.29, 1.82) is 0 Å². The Morgan fingerprint density at radius 3 is 2.52 bits per heavy atom. The van der Waals surface area contributed by atoms with Crippen molar-refractivity contribution in [1.82, 2.24) is 14.8 Å². The first kappa shape index (κ1) is 19.9. The van der Waals surface area contributed by atoms with Gasteiger partial charge in [0.1, 0.15) is 0 Å². The van der Waals surface area contributed by atoms with Gasteiger partial charge < -0.3 is 15.0 Å². The predicted molar refractivity (Wildman–Crippen MR) is 112 cm³/mol. The van der Waals surface area contributed by atoms with E-state index < -0.39 is 0 Å². The molecule has 1 fully saturated rings. The maximum absolute atomic E-state index is 11.7. The Hall–Kier alpha value is -1.89. The number of nitrogens with one attached hydrogen (secondary N) is 1. The lowest BCUT2D eigenvalue weighted by Gasteiger charge is -2.31. The number of likely N-dealkylation sites (tertiary alicyclic amines) is 1. The number of halogens is 1. The third-order valence-electron chi connectivity index (χ3n) is 5.08. The molecule has 0 aliphatic carbocycles. The monoisotopic (exact) mass is 431 g/mol. The lowest BCUT2D eigenvalue weighted by molar-refractivity contribution is -0.130. The van der Waals surface area contributed by atoms with Crippen LogP contribution in [0.5, 0.6) is 0 Å². The van der Waals surface area contributed by atoms with Gasteiger partial charge in [-0.3, -0.25) is 9.69 Å². The first-order valence-electron chi connectivity index (χ1n) is 9.19. The number of nitrogens with zero attached hydrogens (tertiary/aromatic N) is 2. The molecule has 3 heterocycles. The molecule has 4 rings (SSSR count). The van der Waals surface area contributed by atoms with E-state index in [2.05, 4.69) is 56.1 Å². The van der Waals surface area contributed by atoms with Crippen LogP contribution in [0, 0.1) is 0 Å². The van der Waals surface area contributed by atoms with Crippen molar-refractivity contribution in [2.75, 3.05) is 26.7 Å². The van der Waals surface area contributed by atoms with Gasteiger partial charge in [0, 0.05) is 43.6 Å². The Balaban J connectivity index is 0.000000216. The summed E-state index contributed by atoms with van der Waals surface area (Å²) in [6.45, 7) is 3.97. The smallest absolute Gasteiger partial charge is 0.219 e. The van der Waals surface area contributed by atoms with Gasteiger partial charge in [-0.2, -0.15) is 0 Å². The molecule has 2 atom stereocenters. The molecule has 27 heavy (non-hydrogen) atoms. The van der Waals surface area contributed by atoms with Gasteiger partial charge in [0.05, 0.1) is 17.7 Å². The molecule has 2 aromatic heterocycles. The summed E-state index contributed by atoms with van der Waals surface area (Å²) in [5.74, 6) is 0.0635. The van der Waals surface area contributed by atoms with E-state index in [0.29, 0.717) is 6.54 Å². The highest BCUT2D eigenvalue weighted by atomic mass is 79.9. The Morgan fingerprint density at radius 1 is 1.33 bits per heavy atom. The molecular weight excluding hydrogens is 406 g/mol. The highest BCUT2D eigenvalue weighted by Crippen LogP contribution is 2.23. The standard InChI is InChI=1S/C15H22N2O2.C6H4BrN/c1-12(18)16(2)15(13-6-4-3-5-7-13)11-17-9-8-14(19)10-17;7-5-3-4-1-2-6(5)8-4/h3-7,14-15,19H,8-11H2,1-2H3;1-3,8H. The fourth-order valence-corrected chi connectivity index (χ4v) is 3.90. The lowest BCUT2D eigenvalue weighted by Crippen LogP contribution is -2.38. The van der Waals surface area contributed by atoms with Crippen molar-refractivity contribution in [2.45, 2.75) is 25.5 Å². The van der Waals surface area contributed by atoms with Crippen molar-refractivity contribution >= 4 is 32.9 Å². The fraction of sp³-hybridized carbons (Fsp3) is 0.381. The third-order valence-corrected chi connectivity index (χ3v) is 5.73. The SMILES string of the molecule is Brc1cc2ccc1[nH]2.CC(=O)N(C)C(CN1CCC(O)C1)c1ccccc1. The first-order chi connectivity index (χ1) is 12.9. The second kappa shape index (κ2) is 8.87. The predicted octanol–water partition coefficient (Wildman–Crippen LogP) is 3.64. The van der Waals surface area contributed by atoms with Crippen molar-refractivity contribution in [3.8, 4) is 0 Å². The molecule has 1 saturated heterocycles. The van der Waals surface area contributed by atoms with Gasteiger partial charge in [-0.05, 0) is 46.1 Å². The number of aromatic amines is 1. The van der Waals surface area contributed by atoms with E-state index in [1.54, 1.807) is 11.8 Å². The van der Waals surface area contributed by atoms with Crippen LogP contribution in [0.1, 0.15) is 24.9 Å². The highest BCUT2D eigenvalue weighted by Gasteiger charge is 2.26. The molecule has 144 valence electrons. The number of H-pyrrole nitrogens is 1. The summed E-state index contributed by atoms with van der Waals surface area (Å²) >= 11 is 3.38. The minimum absolute atomic E-state index is 0.0454. The van der Waals surface area contributed by atoms with Gasteiger partial charge >= 0.3 is 0 Å². The molecular formula is C21H26BrN3O2. The van der Waals surface area contributed by atoms with E-state index >= 15 is 0 Å². The van der Waals surface area contributed by atoms with Crippen molar-refractivity contribution < 1.29 is 9.90 Å². The Labute approximate surface area is 168 Å². The molecule has 0 radical (unpaired) electrons. The number of hydrogen-bond donors (Lipinski definition) is 2. The molecule has 1 aliphatic rings. The number of aliphatic hydroxyl groups is 1. The summed E-state index contributed by atoms with van der Waals surface area (Å²) in [4.78, 5) is 18.8. The van der Waals surface area contributed by atoms with Crippen LogP contribution in [0.2, 0.25) is 0 Å². The van der Waals surface area contributed by atoms with Crippen LogP contribution in [-0.2, 0) is 4.79 Å². The Kier molecular flexibility index (Phi) is 6.52. The number of hydrogen-bond acceptors (Lipinski definition) is 3. The van der Waals surface area contributed by atoms with E-state index in [4.69, 9.17) is 0 Å². The molecule has 1 aliphatic heterocycles. The quantitative estimate of drug-likeness (QED) is 0.662. The molecule has 1 aromatic carbocycles. The number of carbonyl (C=O) groups excluding carboxylic acids is 1. The van der Waals surface area contributed by atoms with Crippen molar-refractivity contribution in [2.24, 2.45) is 0 Å². The van der Waals surface area contributed by atoms with Crippen LogP contribution >= 0.6 is 15.9 Å². The summed E-state index contributed by atoms with van der Waals surface area (Å²) in [6.07, 6.45) is 0.602. The summed E-state index contributed by atoms with van der Waals surface area (Å²) < 4.78 is 1.16. The maximum atomic E-state index is 11.7. The average Bonchev–Trinajstić information content (AvgIpc) is 3.37. The summed E-state index contributed by atoms with van der Waals surface area (Å²) in [5.41, 5.74) is 3.51. The number of likely N-dealkylation sites (N-methyl/N-ethyl adjacent to an activating group) is 1. The largest absolute Gasteiger partial charge is 0.392 e. The zero-order valence-electron chi connectivity index (χ0n) is 15.7. The lowest BCUT2D eigenvalue weighted by atomic mass is 10.1. The second-order valence-corrected chi connectivity index (χ2v) is 7.93. The second-order valence-electron chi connectivity index (χ2n) is 7.08. The number of rotatable bonds is 4. The Morgan fingerprint density at radius 2 is 2.07 bits per heavy atom. The number of carbonyl (C=O) groups is 1. The molecule has 2 N–H and O–H groups in total. The van der Waals surface area contributed by atoms with E-state index in [1.807, 2.05) is 25.2 Å². The van der Waals surface area contributed by atoms with Crippen LogP contribution < -0.4 is 0 Å². The molecule has 6 heteroatoms. The van der Waals surface area contributed by atoms with E-state index in [0.717, 1.165) is 29.5 Å². The van der Waals surface area contributed by atoms with Crippen molar-refractivity contribution in [3.05, 3.63) is 58.6 Å². The number of aromatic nitrogens is 1. The van der Waals surface area contributed by atoms with E-state index in [-0.39, 0.29) is 18.1 Å². The minimum Gasteiger partial charge on any atom is -0.392 e. The zero-order valence-corrected chi connectivity index (χ0v) is 17.3.